The number of benzene rings is 2. The number of furan rings is 1. The quantitative estimate of drug-likeness (QED) is 0.652. The predicted octanol–water partition coefficient (Wildman–Crippen LogP) is 4.69. The Kier molecular flexibility index (Phi) is 5.79. The third-order valence-corrected chi connectivity index (χ3v) is 3.92. The van der Waals surface area contributed by atoms with Gasteiger partial charge < -0.3 is 19.8 Å². The topological polar surface area (TPSA) is 80.6 Å². The van der Waals surface area contributed by atoms with E-state index in [-0.39, 0.29) is 24.2 Å². The summed E-state index contributed by atoms with van der Waals surface area (Å²) >= 11 is 0. The minimum Gasteiger partial charge on any atom is -0.486 e. The molecule has 0 spiro atoms. The highest BCUT2D eigenvalue weighted by molar-refractivity contribution is 6.02. The fraction of sp³-hybridized carbons (Fsp3) is 0.182. The summed E-state index contributed by atoms with van der Waals surface area (Å²) in [5, 5.41) is 5.43. The van der Waals surface area contributed by atoms with Crippen molar-refractivity contribution >= 4 is 23.2 Å². The molecule has 6 heteroatoms. The maximum atomic E-state index is 12.3. The SMILES string of the molecule is CC(=O)Nc1ccc(NC(=O)c2ccc(COc3cc(C)cc(C)c3)o2)cc1. The lowest BCUT2D eigenvalue weighted by atomic mass is 10.1. The van der Waals surface area contributed by atoms with Crippen molar-refractivity contribution in [3.63, 3.8) is 0 Å². The Balaban J connectivity index is 1.58. The molecule has 0 aliphatic rings. The third kappa shape index (κ3) is 5.23. The maximum absolute atomic E-state index is 12.3. The molecule has 28 heavy (non-hydrogen) atoms. The lowest BCUT2D eigenvalue weighted by Gasteiger charge is -2.07. The summed E-state index contributed by atoms with van der Waals surface area (Å²) in [5.41, 5.74) is 3.51. The summed E-state index contributed by atoms with van der Waals surface area (Å²) in [6.45, 7) is 5.70. The van der Waals surface area contributed by atoms with Crippen LogP contribution < -0.4 is 15.4 Å². The molecule has 1 aromatic heterocycles. The number of carbonyl (C=O) groups excluding carboxylic acids is 2. The number of carbonyl (C=O) groups is 2. The number of anilines is 2. The first kappa shape index (κ1) is 19.2. The molecule has 0 bridgehead atoms. The first-order valence-corrected chi connectivity index (χ1v) is 8.88. The number of hydrogen-bond acceptors (Lipinski definition) is 4. The van der Waals surface area contributed by atoms with Gasteiger partial charge in [-0.15, -0.1) is 0 Å². The van der Waals surface area contributed by atoms with E-state index in [0.29, 0.717) is 17.1 Å². The number of hydrogen-bond donors (Lipinski definition) is 2. The van der Waals surface area contributed by atoms with E-state index in [9.17, 15) is 9.59 Å². The second kappa shape index (κ2) is 8.43. The number of amides is 2. The van der Waals surface area contributed by atoms with Gasteiger partial charge in [0.05, 0.1) is 0 Å². The molecule has 144 valence electrons. The van der Waals surface area contributed by atoms with Crippen molar-refractivity contribution in [1.82, 2.24) is 0 Å². The van der Waals surface area contributed by atoms with Crippen molar-refractivity contribution < 1.29 is 18.7 Å². The fourth-order valence-electron chi connectivity index (χ4n) is 2.78. The molecule has 0 unspecified atom stereocenters. The summed E-state index contributed by atoms with van der Waals surface area (Å²) in [6.07, 6.45) is 0. The van der Waals surface area contributed by atoms with E-state index in [1.165, 1.54) is 6.92 Å². The molecular formula is C22H22N2O4. The van der Waals surface area contributed by atoms with Crippen LogP contribution in [-0.4, -0.2) is 11.8 Å². The van der Waals surface area contributed by atoms with Gasteiger partial charge in [0.25, 0.3) is 5.91 Å². The zero-order valence-corrected chi connectivity index (χ0v) is 16.0. The van der Waals surface area contributed by atoms with E-state index in [1.54, 1.807) is 36.4 Å². The van der Waals surface area contributed by atoms with Gasteiger partial charge in [0.2, 0.25) is 5.91 Å². The van der Waals surface area contributed by atoms with Crippen molar-refractivity contribution in [2.75, 3.05) is 10.6 Å². The molecule has 0 fully saturated rings. The van der Waals surface area contributed by atoms with E-state index >= 15 is 0 Å². The normalized spacial score (nSPS) is 10.4. The van der Waals surface area contributed by atoms with Gasteiger partial charge in [0.15, 0.2) is 5.76 Å². The van der Waals surface area contributed by atoms with Crippen LogP contribution in [0.2, 0.25) is 0 Å². The van der Waals surface area contributed by atoms with Crippen LogP contribution in [0.25, 0.3) is 0 Å². The van der Waals surface area contributed by atoms with Gasteiger partial charge in [-0.1, -0.05) is 6.07 Å². The summed E-state index contributed by atoms with van der Waals surface area (Å²) < 4.78 is 11.3. The van der Waals surface area contributed by atoms with E-state index in [4.69, 9.17) is 9.15 Å². The zero-order valence-electron chi connectivity index (χ0n) is 16.0. The first-order valence-electron chi connectivity index (χ1n) is 8.88. The molecule has 0 radical (unpaired) electrons. The molecule has 0 saturated carbocycles. The molecule has 3 aromatic rings. The molecule has 2 N–H and O–H groups in total. The number of nitrogens with one attached hydrogen (secondary N) is 2. The second-order valence-electron chi connectivity index (χ2n) is 6.59. The highest BCUT2D eigenvalue weighted by Crippen LogP contribution is 2.19. The van der Waals surface area contributed by atoms with Crippen LogP contribution in [0.1, 0.15) is 34.4 Å². The van der Waals surface area contributed by atoms with Crippen molar-refractivity contribution in [3.8, 4) is 5.75 Å². The lowest BCUT2D eigenvalue weighted by Crippen LogP contribution is -2.11. The van der Waals surface area contributed by atoms with Crippen LogP contribution in [0.15, 0.2) is 59.0 Å². The zero-order chi connectivity index (χ0) is 20.1. The van der Waals surface area contributed by atoms with Gasteiger partial charge in [-0.05, 0) is 73.5 Å². The molecule has 3 rings (SSSR count). The Morgan fingerprint density at radius 1 is 0.893 bits per heavy atom. The van der Waals surface area contributed by atoms with E-state index < -0.39 is 0 Å². The van der Waals surface area contributed by atoms with Crippen molar-refractivity contribution in [2.24, 2.45) is 0 Å². The van der Waals surface area contributed by atoms with Crippen LogP contribution in [0, 0.1) is 13.8 Å². The smallest absolute Gasteiger partial charge is 0.291 e. The highest BCUT2D eigenvalue weighted by Gasteiger charge is 2.12. The molecule has 2 aromatic carbocycles. The van der Waals surface area contributed by atoms with Crippen LogP contribution in [0.4, 0.5) is 11.4 Å². The third-order valence-electron chi connectivity index (χ3n) is 3.92. The Labute approximate surface area is 163 Å². The minimum atomic E-state index is -0.357. The maximum Gasteiger partial charge on any atom is 0.291 e. The average Bonchev–Trinajstić information content (AvgIpc) is 3.10. The Morgan fingerprint density at radius 2 is 1.50 bits per heavy atom. The summed E-state index contributed by atoms with van der Waals surface area (Å²) in [6, 6.07) is 16.1. The second-order valence-corrected chi connectivity index (χ2v) is 6.59. The first-order chi connectivity index (χ1) is 13.4. The van der Waals surface area contributed by atoms with E-state index in [1.807, 2.05) is 26.0 Å². The van der Waals surface area contributed by atoms with E-state index in [2.05, 4.69) is 16.7 Å². The van der Waals surface area contributed by atoms with Gasteiger partial charge in [-0.3, -0.25) is 9.59 Å². The Morgan fingerprint density at radius 3 is 2.11 bits per heavy atom. The van der Waals surface area contributed by atoms with Crippen LogP contribution in [-0.2, 0) is 11.4 Å². The van der Waals surface area contributed by atoms with Crippen molar-refractivity contribution in [2.45, 2.75) is 27.4 Å². The highest BCUT2D eigenvalue weighted by atomic mass is 16.5. The summed E-state index contributed by atoms with van der Waals surface area (Å²) in [5.74, 6) is 1.02. The Bertz CT molecular complexity index is 970. The number of ether oxygens (including phenoxy) is 1. The molecule has 2 amide bonds. The number of rotatable bonds is 6. The predicted molar refractivity (Wildman–Crippen MR) is 108 cm³/mol. The van der Waals surface area contributed by atoms with Crippen LogP contribution in [0.5, 0.6) is 5.75 Å². The molecule has 0 saturated heterocycles. The molecule has 0 aliphatic heterocycles. The van der Waals surface area contributed by atoms with Crippen molar-refractivity contribution in [1.29, 1.82) is 0 Å². The van der Waals surface area contributed by atoms with Crippen LogP contribution >= 0.6 is 0 Å². The van der Waals surface area contributed by atoms with Gasteiger partial charge in [-0.2, -0.15) is 0 Å². The van der Waals surface area contributed by atoms with Crippen molar-refractivity contribution in [3.05, 3.63) is 77.2 Å². The Hall–Kier alpha value is -3.54. The van der Waals surface area contributed by atoms with Crippen LogP contribution in [0.3, 0.4) is 0 Å². The van der Waals surface area contributed by atoms with E-state index in [0.717, 1.165) is 16.9 Å². The van der Waals surface area contributed by atoms with Gasteiger partial charge in [0.1, 0.15) is 18.1 Å². The van der Waals surface area contributed by atoms with Gasteiger partial charge in [0, 0.05) is 18.3 Å². The van der Waals surface area contributed by atoms with Gasteiger partial charge >= 0.3 is 0 Å². The summed E-state index contributed by atoms with van der Waals surface area (Å²) in [7, 11) is 0. The fourth-order valence-corrected chi connectivity index (χ4v) is 2.78. The molecule has 0 atom stereocenters. The summed E-state index contributed by atoms with van der Waals surface area (Å²) in [4.78, 5) is 23.4. The lowest BCUT2D eigenvalue weighted by molar-refractivity contribution is -0.114. The molecular weight excluding hydrogens is 356 g/mol. The number of aryl methyl sites for hydroxylation is 2. The molecule has 0 aliphatic carbocycles. The largest absolute Gasteiger partial charge is 0.486 e. The average molecular weight is 378 g/mol. The van der Waals surface area contributed by atoms with Gasteiger partial charge in [-0.25, -0.2) is 0 Å². The monoisotopic (exact) mass is 378 g/mol. The molecule has 6 nitrogen and oxygen atoms in total. The standard InChI is InChI=1S/C22H22N2O4/c1-14-10-15(2)12-20(11-14)27-13-19-8-9-21(28-19)22(26)24-18-6-4-17(5-7-18)23-16(3)25/h4-12H,13H2,1-3H3,(H,23,25)(H,24,26). The molecule has 1 heterocycles. The minimum absolute atomic E-state index is 0.150.